The Hall–Kier alpha value is -2.92. The van der Waals surface area contributed by atoms with Gasteiger partial charge in [-0.3, -0.25) is 24.2 Å². The number of rotatable bonds is 7. The van der Waals surface area contributed by atoms with E-state index in [1.54, 1.807) is 0 Å². The monoisotopic (exact) mass is 454 g/mol. The zero-order valence-corrected chi connectivity index (χ0v) is 17.4. The van der Waals surface area contributed by atoms with E-state index in [4.69, 9.17) is 16.2 Å². The lowest BCUT2D eigenvalue weighted by molar-refractivity contribution is -0.141. The van der Waals surface area contributed by atoms with Crippen molar-refractivity contribution in [2.45, 2.75) is 25.4 Å². The lowest BCUT2D eigenvalue weighted by Gasteiger charge is -2.38. The molecule has 32 heavy (non-hydrogen) atoms. The summed E-state index contributed by atoms with van der Waals surface area (Å²) in [4.78, 5) is 40.9. The molecule has 1 saturated heterocycles. The number of ether oxygens (including phenoxy) is 1. The summed E-state index contributed by atoms with van der Waals surface area (Å²) in [6.07, 6.45) is -3.40. The predicted molar refractivity (Wildman–Crippen MR) is 109 cm³/mol. The van der Waals surface area contributed by atoms with Gasteiger partial charge in [0.2, 0.25) is 17.7 Å². The van der Waals surface area contributed by atoms with E-state index in [9.17, 15) is 27.6 Å². The van der Waals surface area contributed by atoms with Gasteiger partial charge >= 0.3 is 6.18 Å². The Kier molecular flexibility index (Phi) is 6.89. The third-order valence-corrected chi connectivity index (χ3v) is 5.83. The molecule has 3 rings (SSSR count). The fourth-order valence-electron chi connectivity index (χ4n) is 4.01. The van der Waals surface area contributed by atoms with Crippen molar-refractivity contribution in [3.05, 3.63) is 41.6 Å². The first-order valence-electron chi connectivity index (χ1n) is 10.2. The lowest BCUT2D eigenvalue weighted by atomic mass is 9.73. The smallest absolute Gasteiger partial charge is 0.379 e. The summed E-state index contributed by atoms with van der Waals surface area (Å²) in [5, 5.41) is 0. The van der Waals surface area contributed by atoms with Crippen LogP contribution >= 0.6 is 0 Å². The van der Waals surface area contributed by atoms with Crippen LogP contribution in [0.15, 0.2) is 36.0 Å². The standard InChI is InChI=1S/C21H25F3N4O4/c22-21(23,24)15-3-1-4-16(11-15)28-13-14(17(25)29)12-20(18(26)30,19(28)31)5-2-6-27-7-9-32-10-8-27/h1,3-4,11,13H,2,5-10,12H2,(H2,25,29)(H2,26,30). The van der Waals surface area contributed by atoms with E-state index in [0.29, 0.717) is 39.3 Å². The molecule has 2 aliphatic rings. The van der Waals surface area contributed by atoms with Gasteiger partial charge in [-0.1, -0.05) is 6.07 Å². The molecule has 1 aromatic rings. The molecule has 4 N–H and O–H groups in total. The first kappa shape index (κ1) is 23.7. The van der Waals surface area contributed by atoms with Crippen molar-refractivity contribution in [2.24, 2.45) is 16.9 Å². The van der Waals surface area contributed by atoms with Gasteiger partial charge in [0.05, 0.1) is 18.8 Å². The Labute approximate surface area is 182 Å². The van der Waals surface area contributed by atoms with E-state index in [1.165, 1.54) is 6.07 Å². The summed E-state index contributed by atoms with van der Waals surface area (Å²) >= 11 is 0. The molecule has 1 atom stereocenters. The molecule has 8 nitrogen and oxygen atoms in total. The Morgan fingerprint density at radius 2 is 1.84 bits per heavy atom. The minimum absolute atomic E-state index is 0.0264. The van der Waals surface area contributed by atoms with Crippen LogP contribution in [0.4, 0.5) is 18.9 Å². The van der Waals surface area contributed by atoms with Crippen LogP contribution in [0.25, 0.3) is 0 Å². The Bertz CT molecular complexity index is 928. The van der Waals surface area contributed by atoms with Gasteiger partial charge in [-0.15, -0.1) is 0 Å². The minimum atomic E-state index is -4.63. The predicted octanol–water partition coefficient (Wildman–Crippen LogP) is 1.40. The number of benzene rings is 1. The van der Waals surface area contributed by atoms with Crippen molar-refractivity contribution in [3.63, 3.8) is 0 Å². The Balaban J connectivity index is 1.93. The molecule has 0 radical (unpaired) electrons. The minimum Gasteiger partial charge on any atom is -0.379 e. The first-order chi connectivity index (χ1) is 15.0. The van der Waals surface area contributed by atoms with Crippen LogP contribution < -0.4 is 16.4 Å². The number of carbonyl (C=O) groups excluding carboxylic acids is 3. The normalized spacial score (nSPS) is 22.5. The SMILES string of the molecule is NC(=O)C1=CN(c2cccc(C(F)(F)F)c2)C(=O)C(CCCN2CCOCC2)(C(N)=O)C1. The van der Waals surface area contributed by atoms with Gasteiger partial charge in [-0.2, -0.15) is 13.2 Å². The number of nitrogens with zero attached hydrogens (tertiary/aromatic N) is 2. The molecule has 0 saturated carbocycles. The highest BCUT2D eigenvalue weighted by Gasteiger charge is 2.50. The zero-order valence-electron chi connectivity index (χ0n) is 17.4. The number of primary amides is 2. The third-order valence-electron chi connectivity index (χ3n) is 5.83. The number of nitrogens with two attached hydrogens (primary N) is 2. The highest BCUT2D eigenvalue weighted by molar-refractivity contribution is 6.15. The number of anilines is 1. The van der Waals surface area contributed by atoms with E-state index < -0.39 is 34.9 Å². The molecule has 3 amide bonds. The molecule has 2 aliphatic heterocycles. The van der Waals surface area contributed by atoms with Gasteiger partial charge in [0.1, 0.15) is 5.41 Å². The van der Waals surface area contributed by atoms with Crippen LogP contribution in [0.3, 0.4) is 0 Å². The average molecular weight is 454 g/mol. The molecule has 1 unspecified atom stereocenters. The van der Waals surface area contributed by atoms with E-state index in [0.717, 1.165) is 29.3 Å². The summed E-state index contributed by atoms with van der Waals surface area (Å²) in [7, 11) is 0. The second kappa shape index (κ2) is 9.29. The summed E-state index contributed by atoms with van der Waals surface area (Å²) in [6.45, 7) is 3.15. The van der Waals surface area contributed by atoms with Gasteiger partial charge in [0, 0.05) is 37.0 Å². The van der Waals surface area contributed by atoms with Crippen LogP contribution in [-0.2, 0) is 25.3 Å². The van der Waals surface area contributed by atoms with Gasteiger partial charge in [-0.05, 0) is 37.6 Å². The van der Waals surface area contributed by atoms with Crippen molar-refractivity contribution in [3.8, 4) is 0 Å². The molecule has 0 aliphatic carbocycles. The number of alkyl halides is 3. The van der Waals surface area contributed by atoms with E-state index in [-0.39, 0.29) is 24.1 Å². The van der Waals surface area contributed by atoms with E-state index >= 15 is 0 Å². The fraction of sp³-hybridized carbons (Fsp3) is 0.476. The van der Waals surface area contributed by atoms with Crippen LogP contribution in [0, 0.1) is 5.41 Å². The quantitative estimate of drug-likeness (QED) is 0.604. The Morgan fingerprint density at radius 3 is 2.44 bits per heavy atom. The molecule has 0 aromatic heterocycles. The highest BCUT2D eigenvalue weighted by atomic mass is 19.4. The topological polar surface area (TPSA) is 119 Å². The fourth-order valence-corrected chi connectivity index (χ4v) is 4.01. The molecular weight excluding hydrogens is 429 g/mol. The Morgan fingerprint density at radius 1 is 1.16 bits per heavy atom. The molecule has 174 valence electrons. The van der Waals surface area contributed by atoms with Crippen LogP contribution in [0.1, 0.15) is 24.8 Å². The number of hydrogen-bond donors (Lipinski definition) is 2. The summed E-state index contributed by atoms with van der Waals surface area (Å²) < 4.78 is 44.8. The molecule has 0 spiro atoms. The van der Waals surface area contributed by atoms with Gasteiger partial charge in [0.15, 0.2) is 0 Å². The number of amides is 3. The zero-order chi connectivity index (χ0) is 23.5. The first-order valence-corrected chi connectivity index (χ1v) is 10.2. The average Bonchev–Trinajstić information content (AvgIpc) is 2.75. The van der Waals surface area contributed by atoms with Gasteiger partial charge in [0.25, 0.3) is 0 Å². The summed E-state index contributed by atoms with van der Waals surface area (Å²) in [5.74, 6) is -2.61. The largest absolute Gasteiger partial charge is 0.416 e. The number of hydrogen-bond acceptors (Lipinski definition) is 5. The van der Waals surface area contributed by atoms with Crippen LogP contribution in [0.5, 0.6) is 0 Å². The number of carbonyl (C=O) groups is 3. The summed E-state index contributed by atoms with van der Waals surface area (Å²) in [5.41, 5.74) is 8.09. The second-order valence-electron chi connectivity index (χ2n) is 7.92. The van der Waals surface area contributed by atoms with E-state index in [2.05, 4.69) is 4.90 Å². The van der Waals surface area contributed by atoms with Crippen molar-refractivity contribution in [2.75, 3.05) is 37.7 Å². The van der Waals surface area contributed by atoms with Crippen molar-refractivity contribution in [1.82, 2.24) is 4.90 Å². The van der Waals surface area contributed by atoms with Crippen LogP contribution in [-0.4, -0.2) is 55.5 Å². The molecule has 1 fully saturated rings. The van der Waals surface area contributed by atoms with E-state index in [1.807, 2.05) is 0 Å². The van der Waals surface area contributed by atoms with Crippen LogP contribution in [0.2, 0.25) is 0 Å². The second-order valence-corrected chi connectivity index (χ2v) is 7.92. The van der Waals surface area contributed by atoms with Gasteiger partial charge < -0.3 is 16.2 Å². The number of halogens is 3. The molecule has 1 aromatic carbocycles. The van der Waals surface area contributed by atoms with Gasteiger partial charge in [-0.25, -0.2) is 0 Å². The molecule has 2 heterocycles. The highest BCUT2D eigenvalue weighted by Crippen LogP contribution is 2.41. The lowest BCUT2D eigenvalue weighted by Crippen LogP contribution is -2.54. The molecular formula is C21H25F3N4O4. The van der Waals surface area contributed by atoms with Crippen molar-refractivity contribution < 1.29 is 32.3 Å². The maximum Gasteiger partial charge on any atom is 0.416 e. The van der Waals surface area contributed by atoms with Crippen molar-refractivity contribution >= 4 is 23.4 Å². The number of morpholine rings is 1. The van der Waals surface area contributed by atoms with Crippen molar-refractivity contribution in [1.29, 1.82) is 0 Å². The maximum absolute atomic E-state index is 13.4. The summed E-state index contributed by atoms with van der Waals surface area (Å²) in [6, 6.07) is 4.06. The molecule has 0 bridgehead atoms. The third kappa shape index (κ3) is 4.94. The molecule has 11 heteroatoms. The maximum atomic E-state index is 13.4.